The van der Waals surface area contributed by atoms with E-state index < -0.39 is 0 Å². The first kappa shape index (κ1) is 15.1. The van der Waals surface area contributed by atoms with Crippen LogP contribution < -0.4 is 15.8 Å². The van der Waals surface area contributed by atoms with E-state index in [1.165, 1.54) is 12.8 Å². The van der Waals surface area contributed by atoms with E-state index in [4.69, 9.17) is 10.5 Å². The third kappa shape index (κ3) is 3.63. The zero-order valence-corrected chi connectivity index (χ0v) is 12.9. The van der Waals surface area contributed by atoms with Crippen molar-refractivity contribution in [3.8, 4) is 5.75 Å². The van der Waals surface area contributed by atoms with Crippen LogP contribution in [-0.4, -0.2) is 23.2 Å². The minimum absolute atomic E-state index is 0.0318. The minimum atomic E-state index is -0.0318. The molecule has 112 valence electrons. The number of anilines is 1. The van der Waals surface area contributed by atoms with Crippen molar-refractivity contribution in [2.24, 2.45) is 11.7 Å². The van der Waals surface area contributed by atoms with Crippen LogP contribution in [0.25, 0.3) is 0 Å². The van der Waals surface area contributed by atoms with E-state index in [0.29, 0.717) is 6.54 Å². The van der Waals surface area contributed by atoms with Gasteiger partial charge in [0.1, 0.15) is 0 Å². The van der Waals surface area contributed by atoms with Crippen LogP contribution in [-0.2, 0) is 0 Å². The van der Waals surface area contributed by atoms with E-state index in [9.17, 15) is 0 Å². The Balaban J connectivity index is 2.15. The van der Waals surface area contributed by atoms with Crippen LogP contribution >= 0.6 is 0 Å². The molecule has 1 aromatic rings. The van der Waals surface area contributed by atoms with Crippen LogP contribution in [0.5, 0.6) is 5.75 Å². The van der Waals surface area contributed by atoms with Crippen LogP contribution in [0.15, 0.2) is 18.3 Å². The Hall–Kier alpha value is -1.29. The molecule has 1 aromatic heterocycles. The highest BCUT2D eigenvalue weighted by Crippen LogP contribution is 2.35. The number of aromatic nitrogens is 1. The van der Waals surface area contributed by atoms with Crippen molar-refractivity contribution < 1.29 is 4.74 Å². The van der Waals surface area contributed by atoms with E-state index in [2.05, 4.69) is 17.2 Å². The molecular formula is C16H27N3O. The summed E-state index contributed by atoms with van der Waals surface area (Å²) in [4.78, 5) is 4.45. The second-order valence-corrected chi connectivity index (χ2v) is 6.31. The maximum Gasteiger partial charge on any atom is 0.169 e. The molecular weight excluding hydrogens is 250 g/mol. The third-order valence-corrected chi connectivity index (χ3v) is 4.14. The van der Waals surface area contributed by atoms with Gasteiger partial charge in [-0.15, -0.1) is 0 Å². The monoisotopic (exact) mass is 277 g/mol. The summed E-state index contributed by atoms with van der Waals surface area (Å²) in [5.41, 5.74) is 6.02. The molecule has 3 N–H and O–H groups in total. The van der Waals surface area contributed by atoms with Gasteiger partial charge in [-0.3, -0.25) is 0 Å². The Morgan fingerprint density at radius 3 is 2.75 bits per heavy atom. The zero-order valence-electron chi connectivity index (χ0n) is 12.9. The highest BCUT2D eigenvalue weighted by atomic mass is 16.5. The van der Waals surface area contributed by atoms with E-state index in [-0.39, 0.29) is 11.6 Å². The van der Waals surface area contributed by atoms with Gasteiger partial charge in [0.15, 0.2) is 11.6 Å². The Labute approximate surface area is 122 Å². The summed E-state index contributed by atoms with van der Waals surface area (Å²) in [5.74, 6) is 2.43. The number of ether oxygens (including phenoxy) is 1. The molecule has 20 heavy (non-hydrogen) atoms. The molecule has 1 aliphatic carbocycles. The summed E-state index contributed by atoms with van der Waals surface area (Å²) in [6, 6.07) is 3.87. The van der Waals surface area contributed by atoms with Gasteiger partial charge >= 0.3 is 0 Å². The molecule has 4 heteroatoms. The first-order valence-corrected chi connectivity index (χ1v) is 7.64. The molecule has 0 atom stereocenters. The Bertz CT molecular complexity index is 425. The molecule has 1 heterocycles. The number of hydrogen-bond acceptors (Lipinski definition) is 4. The van der Waals surface area contributed by atoms with Crippen molar-refractivity contribution in [3.05, 3.63) is 18.3 Å². The first-order valence-electron chi connectivity index (χ1n) is 7.64. The number of pyridine rings is 1. The number of nitrogens with zero attached hydrogens (tertiary/aromatic N) is 1. The highest BCUT2D eigenvalue weighted by molar-refractivity contribution is 5.51. The average molecular weight is 277 g/mol. The van der Waals surface area contributed by atoms with Gasteiger partial charge in [0.05, 0.1) is 11.6 Å². The minimum Gasteiger partial charge on any atom is -0.487 e. The van der Waals surface area contributed by atoms with Crippen molar-refractivity contribution in [2.75, 3.05) is 11.9 Å². The van der Waals surface area contributed by atoms with Gasteiger partial charge in [0.2, 0.25) is 0 Å². The summed E-state index contributed by atoms with van der Waals surface area (Å²) in [7, 11) is 0. The summed E-state index contributed by atoms with van der Waals surface area (Å²) in [6.07, 6.45) is 6.57. The SMILES string of the molecule is CC1CCC(CN)(Nc2ncccc2OC(C)C)CC1. The van der Waals surface area contributed by atoms with Crippen LogP contribution in [0.4, 0.5) is 5.82 Å². The molecule has 1 fully saturated rings. The molecule has 0 saturated heterocycles. The predicted molar refractivity (Wildman–Crippen MR) is 83.0 cm³/mol. The fraction of sp³-hybridized carbons (Fsp3) is 0.688. The fourth-order valence-electron chi connectivity index (χ4n) is 2.78. The molecule has 4 nitrogen and oxygen atoms in total. The summed E-state index contributed by atoms with van der Waals surface area (Å²) in [5, 5.41) is 3.58. The lowest BCUT2D eigenvalue weighted by Crippen LogP contribution is -2.48. The van der Waals surface area contributed by atoms with Gasteiger partial charge < -0.3 is 15.8 Å². The van der Waals surface area contributed by atoms with Gasteiger partial charge in [-0.25, -0.2) is 4.98 Å². The van der Waals surface area contributed by atoms with E-state index >= 15 is 0 Å². The number of nitrogens with two attached hydrogens (primary N) is 1. The second-order valence-electron chi connectivity index (χ2n) is 6.31. The van der Waals surface area contributed by atoms with Gasteiger partial charge in [0, 0.05) is 12.7 Å². The lowest BCUT2D eigenvalue weighted by atomic mass is 9.77. The maximum atomic E-state index is 6.05. The van der Waals surface area contributed by atoms with Crippen LogP contribution in [0.2, 0.25) is 0 Å². The smallest absolute Gasteiger partial charge is 0.169 e. The molecule has 1 saturated carbocycles. The van der Waals surface area contributed by atoms with Gasteiger partial charge in [0.25, 0.3) is 0 Å². The first-order chi connectivity index (χ1) is 9.54. The van der Waals surface area contributed by atoms with E-state index in [1.807, 2.05) is 26.0 Å². The van der Waals surface area contributed by atoms with Crippen molar-refractivity contribution in [2.45, 2.75) is 58.1 Å². The number of hydrogen-bond donors (Lipinski definition) is 2. The normalized spacial score (nSPS) is 26.6. The van der Waals surface area contributed by atoms with Crippen LogP contribution in [0, 0.1) is 5.92 Å². The standard InChI is InChI=1S/C16H27N3O/c1-12(2)20-14-5-4-10-18-15(14)19-16(11-17)8-6-13(3)7-9-16/h4-5,10,12-13H,6-9,11,17H2,1-3H3,(H,18,19). The predicted octanol–water partition coefficient (Wildman–Crippen LogP) is 3.19. The summed E-state index contributed by atoms with van der Waals surface area (Å²) >= 11 is 0. The van der Waals surface area contributed by atoms with Crippen LogP contribution in [0.3, 0.4) is 0 Å². The molecule has 0 amide bonds. The Morgan fingerprint density at radius 2 is 2.15 bits per heavy atom. The summed E-state index contributed by atoms with van der Waals surface area (Å²) < 4.78 is 5.83. The van der Waals surface area contributed by atoms with Gasteiger partial charge in [-0.05, 0) is 57.6 Å². The Morgan fingerprint density at radius 1 is 1.45 bits per heavy atom. The molecule has 2 rings (SSSR count). The third-order valence-electron chi connectivity index (χ3n) is 4.14. The van der Waals surface area contributed by atoms with Gasteiger partial charge in [-0.1, -0.05) is 6.92 Å². The Kier molecular flexibility index (Phi) is 4.86. The molecule has 0 radical (unpaired) electrons. The summed E-state index contributed by atoms with van der Waals surface area (Å²) in [6.45, 7) is 7.00. The molecule has 0 aliphatic heterocycles. The second kappa shape index (κ2) is 6.44. The largest absolute Gasteiger partial charge is 0.487 e. The molecule has 0 bridgehead atoms. The quantitative estimate of drug-likeness (QED) is 0.867. The van der Waals surface area contributed by atoms with E-state index in [1.54, 1.807) is 6.20 Å². The lowest BCUT2D eigenvalue weighted by Gasteiger charge is -2.40. The van der Waals surface area contributed by atoms with Crippen molar-refractivity contribution >= 4 is 5.82 Å². The number of rotatable bonds is 5. The molecule has 0 spiro atoms. The molecule has 1 aliphatic rings. The van der Waals surface area contributed by atoms with Gasteiger partial charge in [-0.2, -0.15) is 0 Å². The maximum absolute atomic E-state index is 6.05. The molecule has 0 aromatic carbocycles. The topological polar surface area (TPSA) is 60.2 Å². The van der Waals surface area contributed by atoms with Crippen LogP contribution in [0.1, 0.15) is 46.5 Å². The average Bonchev–Trinajstić information content (AvgIpc) is 2.43. The van der Waals surface area contributed by atoms with Crippen molar-refractivity contribution in [1.82, 2.24) is 4.98 Å². The van der Waals surface area contributed by atoms with Crippen molar-refractivity contribution in [1.29, 1.82) is 0 Å². The molecule has 0 unspecified atom stereocenters. The zero-order chi connectivity index (χ0) is 14.6. The highest BCUT2D eigenvalue weighted by Gasteiger charge is 2.33. The van der Waals surface area contributed by atoms with Crippen molar-refractivity contribution in [3.63, 3.8) is 0 Å². The number of nitrogens with one attached hydrogen (secondary N) is 1. The fourth-order valence-corrected chi connectivity index (χ4v) is 2.78. The van der Waals surface area contributed by atoms with E-state index in [0.717, 1.165) is 30.3 Å². The lowest BCUT2D eigenvalue weighted by molar-refractivity contribution is 0.239.